The molecule has 0 atom stereocenters. The molecule has 0 N–H and O–H groups in total. The fourth-order valence-corrected chi connectivity index (χ4v) is 9.64. The number of rotatable bonds is 6. The zero-order chi connectivity index (χ0) is 55.2. The standard InChI is InChI=1S/C63H38N4O/c1-3-15-39(16-4-1)41-29-33-57-54(36-41)50-23-11-13-25-56(50)67(57)58-34-30-43(42-27-31-49-47-21-8-7-19-45(47)46-20-9-10-22-48(46)53(49)35-42)37-55(58)63-65-61(40-17-5-2-6-18-40)64-62(66-63)44-28-32-52-51-24-12-14-26-59(51)68-60(52)38-44/h1-38H/i1D,3D,4D,11D,13D,15D,16D,23D,25D,29D,33D,36D. The lowest BCUT2D eigenvalue weighted by molar-refractivity contribution is 0.669. The summed E-state index contributed by atoms with van der Waals surface area (Å²) in [5, 5.41) is 7.89. The molecule has 0 aliphatic rings. The second kappa shape index (κ2) is 15.2. The van der Waals surface area contributed by atoms with Crippen LogP contribution in [0.15, 0.2) is 235 Å². The van der Waals surface area contributed by atoms with Crippen molar-refractivity contribution in [3.8, 4) is 62.1 Å². The molecule has 0 radical (unpaired) electrons. The Labute approximate surface area is 407 Å². The summed E-state index contributed by atoms with van der Waals surface area (Å²) in [5.41, 5.74) is 3.36. The van der Waals surface area contributed by atoms with Gasteiger partial charge in [0.1, 0.15) is 11.2 Å². The number of benzene rings is 11. The first-order chi connectivity index (χ1) is 38.7. The molecule has 0 saturated carbocycles. The minimum Gasteiger partial charge on any atom is -0.456 e. The van der Waals surface area contributed by atoms with Gasteiger partial charge in [-0.25, -0.2) is 15.0 Å². The summed E-state index contributed by atoms with van der Waals surface area (Å²) in [5.74, 6) is 0.696. The highest BCUT2D eigenvalue weighted by Crippen LogP contribution is 2.42. The van der Waals surface area contributed by atoms with Crippen LogP contribution in [0.3, 0.4) is 0 Å². The summed E-state index contributed by atoms with van der Waals surface area (Å²) in [7, 11) is 0. The maximum atomic E-state index is 9.88. The van der Waals surface area contributed by atoms with Gasteiger partial charge in [-0.05, 0) is 109 Å². The molecule has 0 aliphatic heterocycles. The summed E-state index contributed by atoms with van der Waals surface area (Å²) in [6.07, 6.45) is 0. The smallest absolute Gasteiger partial charge is 0.166 e. The minimum absolute atomic E-state index is 0.128. The summed E-state index contributed by atoms with van der Waals surface area (Å²) in [4.78, 5) is 15.5. The fraction of sp³-hybridized carbons (Fsp3) is 0. The van der Waals surface area contributed by atoms with Gasteiger partial charge in [-0.15, -0.1) is 0 Å². The number of fused-ring (bicyclic) bond motifs is 12. The van der Waals surface area contributed by atoms with Crippen molar-refractivity contribution in [2.75, 3.05) is 0 Å². The monoisotopic (exact) mass is 878 g/mol. The lowest BCUT2D eigenvalue weighted by atomic mass is 9.91. The van der Waals surface area contributed by atoms with Crippen LogP contribution in [-0.2, 0) is 0 Å². The predicted molar refractivity (Wildman–Crippen MR) is 281 cm³/mol. The molecule has 11 aromatic carbocycles. The van der Waals surface area contributed by atoms with E-state index in [4.69, 9.17) is 29.0 Å². The first kappa shape index (κ1) is 28.0. The molecule has 0 unspecified atom stereocenters. The molecule has 316 valence electrons. The Bertz CT molecular complexity index is 4990. The van der Waals surface area contributed by atoms with Crippen LogP contribution in [-0.4, -0.2) is 19.5 Å². The van der Waals surface area contributed by atoms with Gasteiger partial charge in [-0.3, -0.25) is 0 Å². The van der Waals surface area contributed by atoms with Gasteiger partial charge >= 0.3 is 0 Å². The third-order valence-electron chi connectivity index (χ3n) is 12.8. The molecule has 14 rings (SSSR count). The van der Waals surface area contributed by atoms with Crippen molar-refractivity contribution in [2.45, 2.75) is 0 Å². The normalized spacial score (nSPS) is 14.3. The Kier molecular flexibility index (Phi) is 6.25. The molecule has 0 spiro atoms. The van der Waals surface area contributed by atoms with E-state index in [0.717, 1.165) is 48.7 Å². The number of nitrogens with zero attached hydrogens (tertiary/aromatic N) is 4. The van der Waals surface area contributed by atoms with Gasteiger partial charge < -0.3 is 8.98 Å². The zero-order valence-electron chi connectivity index (χ0n) is 47.7. The summed E-state index contributed by atoms with van der Waals surface area (Å²) in [6.45, 7) is 0. The highest BCUT2D eigenvalue weighted by atomic mass is 16.3. The highest BCUT2D eigenvalue weighted by molar-refractivity contribution is 6.25. The predicted octanol–water partition coefficient (Wildman–Crippen LogP) is 16.7. The quantitative estimate of drug-likeness (QED) is 0.156. The average Bonchev–Trinajstić information content (AvgIpc) is 4.14. The summed E-state index contributed by atoms with van der Waals surface area (Å²) >= 11 is 0. The Balaban J connectivity index is 1.11. The summed E-state index contributed by atoms with van der Waals surface area (Å²) in [6, 6.07) is 43.6. The fourth-order valence-electron chi connectivity index (χ4n) is 9.64. The number of para-hydroxylation sites is 2. The molecule has 3 heterocycles. The maximum absolute atomic E-state index is 9.88. The Hall–Kier alpha value is -9.19. The zero-order valence-corrected chi connectivity index (χ0v) is 35.7. The van der Waals surface area contributed by atoms with E-state index >= 15 is 0 Å². The van der Waals surface area contributed by atoms with Crippen molar-refractivity contribution in [3.63, 3.8) is 0 Å². The lowest BCUT2D eigenvalue weighted by Gasteiger charge is -2.17. The van der Waals surface area contributed by atoms with Crippen molar-refractivity contribution < 1.29 is 20.9 Å². The molecule has 0 saturated heterocycles. The summed E-state index contributed by atoms with van der Waals surface area (Å²) < 4.78 is 117. The van der Waals surface area contributed by atoms with Gasteiger partial charge in [0.2, 0.25) is 0 Å². The van der Waals surface area contributed by atoms with E-state index in [-0.39, 0.29) is 39.1 Å². The third kappa shape index (κ3) is 6.06. The van der Waals surface area contributed by atoms with E-state index in [9.17, 15) is 6.85 Å². The molecule has 68 heavy (non-hydrogen) atoms. The van der Waals surface area contributed by atoms with Crippen LogP contribution >= 0.6 is 0 Å². The van der Waals surface area contributed by atoms with Gasteiger partial charge in [0, 0.05) is 38.2 Å². The number of hydrogen-bond donors (Lipinski definition) is 0. The van der Waals surface area contributed by atoms with E-state index in [1.54, 1.807) is 6.07 Å². The topological polar surface area (TPSA) is 56.7 Å². The largest absolute Gasteiger partial charge is 0.456 e. The molecular formula is C63H38N4O. The molecule has 5 nitrogen and oxygen atoms in total. The van der Waals surface area contributed by atoms with Gasteiger partial charge in [0.25, 0.3) is 0 Å². The Morgan fingerprint density at radius 1 is 0.338 bits per heavy atom. The van der Waals surface area contributed by atoms with Crippen molar-refractivity contribution in [1.82, 2.24) is 19.5 Å². The van der Waals surface area contributed by atoms with E-state index in [0.29, 0.717) is 39.2 Å². The molecule has 14 aromatic rings. The van der Waals surface area contributed by atoms with Crippen molar-refractivity contribution in [2.24, 2.45) is 0 Å². The van der Waals surface area contributed by atoms with Crippen molar-refractivity contribution in [3.05, 3.63) is 230 Å². The molecule has 0 bridgehead atoms. The van der Waals surface area contributed by atoms with Crippen molar-refractivity contribution in [1.29, 1.82) is 0 Å². The first-order valence-electron chi connectivity index (χ1n) is 28.0. The average molecular weight is 879 g/mol. The van der Waals surface area contributed by atoms with E-state index < -0.39 is 83.6 Å². The van der Waals surface area contributed by atoms with E-state index in [1.165, 1.54) is 4.57 Å². The number of hydrogen-bond acceptors (Lipinski definition) is 4. The van der Waals surface area contributed by atoms with Crippen LogP contribution in [0, 0.1) is 0 Å². The number of aromatic nitrogens is 4. The van der Waals surface area contributed by atoms with Crippen LogP contribution in [0.5, 0.6) is 0 Å². The molecule has 5 heteroatoms. The first-order valence-corrected chi connectivity index (χ1v) is 22.0. The van der Waals surface area contributed by atoms with Crippen LogP contribution in [0.1, 0.15) is 16.4 Å². The van der Waals surface area contributed by atoms with Gasteiger partial charge in [-0.2, -0.15) is 0 Å². The lowest BCUT2D eigenvalue weighted by Crippen LogP contribution is -2.04. The second-order valence-corrected chi connectivity index (χ2v) is 16.6. The Morgan fingerprint density at radius 2 is 0.912 bits per heavy atom. The molecule has 0 fully saturated rings. The highest BCUT2D eigenvalue weighted by Gasteiger charge is 2.22. The van der Waals surface area contributed by atoms with Crippen LogP contribution in [0.4, 0.5) is 0 Å². The van der Waals surface area contributed by atoms with Crippen molar-refractivity contribution >= 4 is 76.1 Å². The maximum Gasteiger partial charge on any atom is 0.166 e. The molecular weight excluding hydrogens is 829 g/mol. The molecule has 0 aliphatic carbocycles. The molecule has 3 aromatic heterocycles. The van der Waals surface area contributed by atoms with Crippen LogP contribution in [0.2, 0.25) is 0 Å². The van der Waals surface area contributed by atoms with Crippen LogP contribution in [0.25, 0.3) is 138 Å². The SMILES string of the molecule is [2H]c1c([2H])c([2H])c(-c2c([2H])c([2H])c3c(c2[2H])c2c([2H])c([2H])c([2H])c([2H])c2n3-c2ccc(-c3ccc4c5ccccc5c5ccccc5c4c3)cc2-c2nc(-c3ccccc3)nc(-c3ccc4c(c3)oc3ccccc34)n2)c([2H])c1[2H]. The van der Waals surface area contributed by atoms with E-state index in [1.807, 2.05) is 115 Å². The number of furan rings is 1. The van der Waals surface area contributed by atoms with Gasteiger partial charge in [0.15, 0.2) is 17.5 Å². The van der Waals surface area contributed by atoms with Crippen LogP contribution < -0.4 is 0 Å². The van der Waals surface area contributed by atoms with E-state index in [2.05, 4.69) is 36.4 Å². The van der Waals surface area contributed by atoms with Gasteiger partial charge in [0.05, 0.1) is 33.2 Å². The Morgan fingerprint density at radius 3 is 1.71 bits per heavy atom. The minimum atomic E-state index is -0.711. The second-order valence-electron chi connectivity index (χ2n) is 16.6. The van der Waals surface area contributed by atoms with Gasteiger partial charge in [-0.1, -0.05) is 176 Å². The third-order valence-corrected chi connectivity index (χ3v) is 12.8. The molecule has 0 amide bonds.